The van der Waals surface area contributed by atoms with Crippen LogP contribution in [0.1, 0.15) is 59.8 Å². The molecular weight excluding hydrogens is 230 g/mol. The molecule has 2 N–H and O–H groups in total. The van der Waals surface area contributed by atoms with Crippen LogP contribution in [0.15, 0.2) is 0 Å². The highest BCUT2D eigenvalue weighted by Crippen LogP contribution is 2.50. The predicted octanol–water partition coefficient (Wildman–Crippen LogP) is 3.58. The van der Waals surface area contributed by atoms with Gasteiger partial charge in [0.2, 0.25) is 0 Å². The Hall–Kier alpha value is -0.830. The molecule has 0 atom stereocenters. The molecule has 2 aliphatic carbocycles. The maximum Gasteiger partial charge on any atom is 0.163 e. The normalized spacial score (nSPS) is 21.7. The number of carbonyl (C=O) groups excluding carboxylic acids is 1. The van der Waals surface area contributed by atoms with Crippen LogP contribution in [-0.2, 0) is 12.8 Å². The first-order valence-corrected chi connectivity index (χ1v) is 7.34. The van der Waals surface area contributed by atoms with E-state index in [1.807, 2.05) is 0 Å². The van der Waals surface area contributed by atoms with Crippen LogP contribution in [-0.4, -0.2) is 5.78 Å². The van der Waals surface area contributed by atoms with Gasteiger partial charge in [-0.15, -0.1) is 11.3 Å². The van der Waals surface area contributed by atoms with Crippen molar-refractivity contribution in [3.63, 3.8) is 0 Å². The Labute approximate surface area is 106 Å². The van der Waals surface area contributed by atoms with Crippen molar-refractivity contribution in [3.05, 3.63) is 16.0 Å². The smallest absolute Gasteiger partial charge is 0.163 e. The van der Waals surface area contributed by atoms with E-state index in [4.69, 9.17) is 5.73 Å². The fraction of sp³-hybridized carbons (Fsp3) is 0.643. The number of carbonyl (C=O) groups is 1. The summed E-state index contributed by atoms with van der Waals surface area (Å²) in [5.74, 6) is 0.141. The van der Waals surface area contributed by atoms with Crippen molar-refractivity contribution in [2.45, 2.75) is 51.9 Å². The lowest BCUT2D eigenvalue weighted by atomic mass is 9.72. The summed E-state index contributed by atoms with van der Waals surface area (Å²) in [6.45, 7) is 1.64. The number of nitrogens with two attached hydrogens (primary N) is 1. The number of Topliss-reactive ketones (excluding diaryl/α,β-unsaturated/α-hetero) is 1. The molecule has 2 nitrogen and oxygen atoms in total. The lowest BCUT2D eigenvalue weighted by Crippen LogP contribution is -2.25. The zero-order valence-electron chi connectivity index (χ0n) is 10.3. The number of thiophene rings is 1. The van der Waals surface area contributed by atoms with Gasteiger partial charge < -0.3 is 5.73 Å². The number of rotatable bonds is 1. The van der Waals surface area contributed by atoms with Gasteiger partial charge in [0.15, 0.2) is 5.78 Å². The topological polar surface area (TPSA) is 43.1 Å². The minimum Gasteiger partial charge on any atom is -0.390 e. The van der Waals surface area contributed by atoms with Gasteiger partial charge >= 0.3 is 0 Å². The molecule has 17 heavy (non-hydrogen) atoms. The summed E-state index contributed by atoms with van der Waals surface area (Å²) in [5.41, 5.74) is 8.67. The van der Waals surface area contributed by atoms with Crippen LogP contribution in [0.3, 0.4) is 0 Å². The van der Waals surface area contributed by atoms with E-state index in [0.717, 1.165) is 17.0 Å². The van der Waals surface area contributed by atoms with Gasteiger partial charge in [-0.25, -0.2) is 0 Å². The highest BCUT2D eigenvalue weighted by Gasteiger charge is 2.39. The molecule has 1 spiro atoms. The van der Waals surface area contributed by atoms with Crippen molar-refractivity contribution in [2.24, 2.45) is 5.41 Å². The number of nitrogen functional groups attached to an aromatic ring is 1. The Balaban J connectivity index is 1.99. The van der Waals surface area contributed by atoms with E-state index < -0.39 is 0 Å². The van der Waals surface area contributed by atoms with Crippen LogP contribution in [0.25, 0.3) is 0 Å². The molecule has 3 rings (SSSR count). The molecule has 0 radical (unpaired) electrons. The fourth-order valence-electron chi connectivity index (χ4n) is 3.70. The first-order chi connectivity index (χ1) is 8.11. The highest BCUT2D eigenvalue weighted by atomic mass is 32.1. The van der Waals surface area contributed by atoms with E-state index in [2.05, 4.69) is 0 Å². The second-order valence-corrected chi connectivity index (χ2v) is 6.82. The van der Waals surface area contributed by atoms with E-state index in [1.54, 1.807) is 18.3 Å². The van der Waals surface area contributed by atoms with Crippen LogP contribution in [0, 0.1) is 5.41 Å². The molecule has 1 heterocycles. The van der Waals surface area contributed by atoms with Crippen LogP contribution in [0.2, 0.25) is 0 Å². The number of fused-ring (bicyclic) bond motifs is 1. The molecule has 0 aromatic carbocycles. The lowest BCUT2D eigenvalue weighted by Gasteiger charge is -2.33. The van der Waals surface area contributed by atoms with Crippen molar-refractivity contribution < 1.29 is 4.79 Å². The zero-order valence-corrected chi connectivity index (χ0v) is 11.2. The third kappa shape index (κ3) is 1.71. The maximum atomic E-state index is 11.6. The molecule has 1 saturated carbocycles. The SMILES string of the molecule is CC(=O)c1c(N)sc2c1CCC1(CCCC1)C2. The third-order valence-electron chi connectivity index (χ3n) is 4.58. The van der Waals surface area contributed by atoms with Crippen molar-refractivity contribution in [3.8, 4) is 0 Å². The van der Waals surface area contributed by atoms with Gasteiger partial charge in [-0.05, 0) is 50.0 Å². The zero-order chi connectivity index (χ0) is 12.0. The highest BCUT2D eigenvalue weighted by molar-refractivity contribution is 7.16. The molecule has 0 bridgehead atoms. The minimum absolute atomic E-state index is 0.141. The Bertz CT molecular complexity index is 469. The Morgan fingerprint density at radius 1 is 1.29 bits per heavy atom. The van der Waals surface area contributed by atoms with Gasteiger partial charge in [-0.2, -0.15) is 0 Å². The van der Waals surface area contributed by atoms with E-state index in [-0.39, 0.29) is 5.78 Å². The summed E-state index contributed by atoms with van der Waals surface area (Å²) < 4.78 is 0. The first kappa shape index (κ1) is 11.3. The average molecular weight is 249 g/mol. The fourth-order valence-corrected chi connectivity index (χ4v) is 5.04. The Morgan fingerprint density at radius 3 is 2.65 bits per heavy atom. The largest absolute Gasteiger partial charge is 0.390 e. The molecule has 1 aromatic heterocycles. The predicted molar refractivity (Wildman–Crippen MR) is 71.7 cm³/mol. The first-order valence-electron chi connectivity index (χ1n) is 6.52. The van der Waals surface area contributed by atoms with E-state index in [1.165, 1.54) is 49.0 Å². The van der Waals surface area contributed by atoms with Crippen LogP contribution in [0.5, 0.6) is 0 Å². The summed E-state index contributed by atoms with van der Waals surface area (Å²) in [6.07, 6.45) is 9.02. The molecule has 0 aliphatic heterocycles. The molecule has 1 aromatic rings. The summed E-state index contributed by atoms with van der Waals surface area (Å²) in [6, 6.07) is 0. The maximum absolute atomic E-state index is 11.6. The average Bonchev–Trinajstić information content (AvgIpc) is 2.82. The second-order valence-electron chi connectivity index (χ2n) is 5.68. The molecule has 3 heteroatoms. The summed E-state index contributed by atoms with van der Waals surface area (Å²) in [7, 11) is 0. The lowest BCUT2D eigenvalue weighted by molar-refractivity contribution is 0.101. The number of hydrogen-bond acceptors (Lipinski definition) is 3. The summed E-state index contributed by atoms with van der Waals surface area (Å²) in [5, 5.41) is 0.748. The van der Waals surface area contributed by atoms with Crippen LogP contribution >= 0.6 is 11.3 Å². The third-order valence-corrected chi connectivity index (χ3v) is 5.64. The summed E-state index contributed by atoms with van der Waals surface area (Å²) >= 11 is 1.66. The number of ketones is 1. The van der Waals surface area contributed by atoms with E-state index in [0.29, 0.717) is 5.41 Å². The molecule has 0 unspecified atom stereocenters. The monoisotopic (exact) mass is 249 g/mol. The number of hydrogen-bond donors (Lipinski definition) is 1. The van der Waals surface area contributed by atoms with Gasteiger partial charge in [0, 0.05) is 4.88 Å². The molecule has 0 saturated heterocycles. The minimum atomic E-state index is 0.141. The van der Waals surface area contributed by atoms with Crippen molar-refractivity contribution in [1.29, 1.82) is 0 Å². The van der Waals surface area contributed by atoms with Crippen LogP contribution < -0.4 is 5.73 Å². The molecular formula is C14H19NOS. The Kier molecular flexibility index (Phi) is 2.54. The molecule has 92 valence electrons. The van der Waals surface area contributed by atoms with E-state index >= 15 is 0 Å². The van der Waals surface area contributed by atoms with Gasteiger partial charge in [0.1, 0.15) is 0 Å². The Morgan fingerprint density at radius 2 is 2.00 bits per heavy atom. The van der Waals surface area contributed by atoms with Crippen molar-refractivity contribution >= 4 is 22.1 Å². The molecule has 2 aliphatic rings. The molecule has 0 amide bonds. The summed E-state index contributed by atoms with van der Waals surface area (Å²) in [4.78, 5) is 13.0. The second kappa shape index (κ2) is 3.84. The number of anilines is 1. The van der Waals surface area contributed by atoms with Crippen molar-refractivity contribution in [1.82, 2.24) is 0 Å². The van der Waals surface area contributed by atoms with Crippen molar-refractivity contribution in [2.75, 3.05) is 5.73 Å². The molecule has 1 fully saturated rings. The van der Waals surface area contributed by atoms with Gasteiger partial charge in [-0.1, -0.05) is 12.8 Å². The standard InChI is InChI=1S/C14H19NOS/c1-9(16)12-10-4-7-14(5-2-3-6-14)8-11(10)17-13(12)15/h2-8,15H2,1H3. The van der Waals surface area contributed by atoms with Gasteiger partial charge in [0.25, 0.3) is 0 Å². The quantitative estimate of drug-likeness (QED) is 0.773. The van der Waals surface area contributed by atoms with Crippen LogP contribution in [0.4, 0.5) is 5.00 Å². The van der Waals surface area contributed by atoms with Gasteiger partial charge in [-0.3, -0.25) is 4.79 Å². The van der Waals surface area contributed by atoms with E-state index in [9.17, 15) is 4.79 Å². The van der Waals surface area contributed by atoms with Gasteiger partial charge in [0.05, 0.1) is 10.6 Å².